The van der Waals surface area contributed by atoms with Gasteiger partial charge in [0.2, 0.25) is 17.6 Å². The highest BCUT2D eigenvalue weighted by atomic mass is 35.5. The Morgan fingerprint density at radius 2 is 2.00 bits per heavy atom. The lowest BCUT2D eigenvalue weighted by molar-refractivity contribution is -0.126. The zero-order valence-corrected chi connectivity index (χ0v) is 21.5. The predicted molar refractivity (Wildman–Crippen MR) is 135 cm³/mol. The van der Waals surface area contributed by atoms with Crippen molar-refractivity contribution < 1.29 is 9.32 Å². The van der Waals surface area contributed by atoms with Crippen LogP contribution >= 0.6 is 23.2 Å². The smallest absolute Gasteiger partial charge is 0.241 e. The summed E-state index contributed by atoms with van der Waals surface area (Å²) in [5, 5.41) is 8.30. The first-order valence-corrected chi connectivity index (χ1v) is 13.3. The van der Waals surface area contributed by atoms with E-state index in [1.54, 1.807) is 18.2 Å². The van der Waals surface area contributed by atoms with Crippen LogP contribution in [0.15, 0.2) is 22.7 Å². The molecular formula is C25H35Cl2N5O2. The molecule has 2 fully saturated rings. The third-order valence-electron chi connectivity index (χ3n) is 7.10. The van der Waals surface area contributed by atoms with Crippen LogP contribution in [0.3, 0.4) is 0 Å². The number of carbonyl (C=O) groups excluding carboxylic acids is 1. The monoisotopic (exact) mass is 507 g/mol. The molecule has 3 heterocycles. The largest absolute Gasteiger partial charge is 0.356 e. The molecule has 2 saturated heterocycles. The van der Waals surface area contributed by atoms with Gasteiger partial charge in [0, 0.05) is 35.6 Å². The number of carbonyl (C=O) groups is 1. The number of amides is 1. The van der Waals surface area contributed by atoms with E-state index >= 15 is 0 Å². The summed E-state index contributed by atoms with van der Waals surface area (Å²) in [4.78, 5) is 22.0. The van der Waals surface area contributed by atoms with Crippen LogP contribution in [-0.2, 0) is 11.3 Å². The van der Waals surface area contributed by atoms with Crippen molar-refractivity contribution in [3.8, 4) is 11.4 Å². The van der Waals surface area contributed by atoms with E-state index in [9.17, 15) is 4.79 Å². The molecule has 1 aromatic heterocycles. The molecule has 2 aliphatic rings. The summed E-state index contributed by atoms with van der Waals surface area (Å²) < 4.78 is 5.43. The van der Waals surface area contributed by atoms with Gasteiger partial charge in [-0.2, -0.15) is 4.98 Å². The Hall–Kier alpha value is -1.67. The van der Waals surface area contributed by atoms with Gasteiger partial charge in [0.15, 0.2) is 0 Å². The molecular weight excluding hydrogens is 473 g/mol. The minimum absolute atomic E-state index is 0.0840. The van der Waals surface area contributed by atoms with Crippen molar-refractivity contribution in [1.29, 1.82) is 0 Å². The summed E-state index contributed by atoms with van der Waals surface area (Å²) in [6.07, 6.45) is 7.93. The van der Waals surface area contributed by atoms with Crippen molar-refractivity contribution in [2.45, 2.75) is 64.5 Å². The molecule has 1 aromatic carbocycles. The fourth-order valence-electron chi connectivity index (χ4n) is 5.10. The fourth-order valence-corrected chi connectivity index (χ4v) is 5.59. The van der Waals surface area contributed by atoms with Gasteiger partial charge in [-0.15, -0.1) is 0 Å². The maximum absolute atomic E-state index is 12.6. The van der Waals surface area contributed by atoms with E-state index in [1.165, 1.54) is 32.2 Å². The summed E-state index contributed by atoms with van der Waals surface area (Å²) in [6, 6.07) is 5.94. The van der Waals surface area contributed by atoms with Crippen LogP contribution in [0, 0.1) is 5.92 Å². The molecule has 0 radical (unpaired) electrons. The molecule has 0 bridgehead atoms. The lowest BCUT2D eigenvalue weighted by atomic mass is 9.96. The Labute approximate surface area is 212 Å². The summed E-state index contributed by atoms with van der Waals surface area (Å²) >= 11 is 12.2. The summed E-state index contributed by atoms with van der Waals surface area (Å²) in [5.74, 6) is 1.29. The molecule has 0 saturated carbocycles. The summed E-state index contributed by atoms with van der Waals surface area (Å²) in [6.45, 7) is 7.59. The second-order valence-corrected chi connectivity index (χ2v) is 10.3. The van der Waals surface area contributed by atoms with Crippen molar-refractivity contribution in [2.75, 3.05) is 32.7 Å². The molecule has 4 rings (SSSR count). The predicted octanol–water partition coefficient (Wildman–Crippen LogP) is 5.03. The van der Waals surface area contributed by atoms with Gasteiger partial charge in [-0.1, -0.05) is 41.7 Å². The van der Waals surface area contributed by atoms with E-state index in [0.29, 0.717) is 33.9 Å². The highest BCUT2D eigenvalue weighted by molar-refractivity contribution is 6.36. The number of hydrogen-bond donors (Lipinski definition) is 1. The maximum Gasteiger partial charge on any atom is 0.241 e. The third-order valence-corrected chi connectivity index (χ3v) is 7.65. The van der Waals surface area contributed by atoms with Gasteiger partial charge in [0.1, 0.15) is 0 Å². The summed E-state index contributed by atoms with van der Waals surface area (Å²) in [5.41, 5.74) is 0.696. The van der Waals surface area contributed by atoms with E-state index in [4.69, 9.17) is 27.7 Å². The van der Waals surface area contributed by atoms with E-state index in [1.807, 2.05) is 0 Å². The Morgan fingerprint density at radius 1 is 1.18 bits per heavy atom. The molecule has 1 N–H and O–H groups in total. The fraction of sp³-hybridized carbons (Fsp3) is 0.640. The number of piperidine rings is 2. The van der Waals surface area contributed by atoms with Crippen LogP contribution in [0.1, 0.15) is 57.8 Å². The van der Waals surface area contributed by atoms with E-state index < -0.39 is 0 Å². The van der Waals surface area contributed by atoms with Crippen LogP contribution in [0.5, 0.6) is 0 Å². The van der Waals surface area contributed by atoms with Crippen molar-refractivity contribution in [3.63, 3.8) is 0 Å². The lowest BCUT2D eigenvalue weighted by Crippen LogP contribution is -2.42. The first-order chi connectivity index (χ1) is 16.5. The minimum atomic E-state index is 0.0840. The van der Waals surface area contributed by atoms with E-state index in [-0.39, 0.29) is 11.8 Å². The van der Waals surface area contributed by atoms with Crippen molar-refractivity contribution in [3.05, 3.63) is 34.1 Å². The Kier molecular flexibility index (Phi) is 9.23. The molecule has 186 valence electrons. The molecule has 2 aromatic rings. The maximum atomic E-state index is 12.6. The van der Waals surface area contributed by atoms with E-state index in [2.05, 4.69) is 32.2 Å². The van der Waals surface area contributed by atoms with Gasteiger partial charge in [-0.25, -0.2) is 0 Å². The number of hydrogen-bond acceptors (Lipinski definition) is 6. The highest BCUT2D eigenvalue weighted by Gasteiger charge is 2.26. The number of nitrogens with zero attached hydrogens (tertiary/aromatic N) is 4. The average Bonchev–Trinajstić information content (AvgIpc) is 3.30. The molecule has 34 heavy (non-hydrogen) atoms. The second-order valence-electron chi connectivity index (χ2n) is 9.42. The number of rotatable bonds is 9. The quantitative estimate of drug-likeness (QED) is 0.480. The molecule has 9 heteroatoms. The Balaban J connectivity index is 1.16. The number of nitrogens with one attached hydrogen (secondary N) is 1. The normalized spacial score (nSPS) is 20.5. The Morgan fingerprint density at radius 3 is 2.76 bits per heavy atom. The van der Waals surface area contributed by atoms with Gasteiger partial charge < -0.3 is 14.7 Å². The van der Waals surface area contributed by atoms with Gasteiger partial charge in [-0.05, 0) is 76.4 Å². The topological polar surface area (TPSA) is 74.5 Å². The molecule has 1 atom stereocenters. The zero-order chi connectivity index (χ0) is 23.9. The van der Waals surface area contributed by atoms with Crippen molar-refractivity contribution >= 4 is 29.1 Å². The van der Waals surface area contributed by atoms with Crippen LogP contribution in [0.4, 0.5) is 0 Å². The van der Waals surface area contributed by atoms with Crippen LogP contribution in [0.25, 0.3) is 11.4 Å². The molecule has 2 aliphatic heterocycles. The van der Waals surface area contributed by atoms with E-state index in [0.717, 1.165) is 51.5 Å². The summed E-state index contributed by atoms with van der Waals surface area (Å²) in [7, 11) is 0. The molecule has 0 aliphatic carbocycles. The molecule has 7 nitrogen and oxygen atoms in total. The lowest BCUT2D eigenvalue weighted by Gasteiger charge is -2.35. The van der Waals surface area contributed by atoms with Gasteiger partial charge in [0.25, 0.3) is 0 Å². The average molecular weight is 508 g/mol. The second kappa shape index (κ2) is 12.3. The van der Waals surface area contributed by atoms with Crippen molar-refractivity contribution in [1.82, 2.24) is 25.3 Å². The van der Waals surface area contributed by atoms with Crippen LogP contribution in [-0.4, -0.2) is 64.6 Å². The van der Waals surface area contributed by atoms with Crippen molar-refractivity contribution in [2.24, 2.45) is 5.92 Å². The van der Waals surface area contributed by atoms with Gasteiger partial charge in [0.05, 0.1) is 11.6 Å². The molecule has 0 spiro atoms. The Bertz CT molecular complexity index is 945. The standard InChI is InChI=1S/C25H35Cl2N5O2/c1-2-20-6-3-4-12-32(20)13-5-11-28-25(33)18-9-14-31(15-10-18)17-23-29-24(30-34-23)21-8-7-19(26)16-22(21)27/h7-8,16,18,20H,2-6,9-15,17H2,1H3,(H,28,33). The number of benzene rings is 1. The molecule has 1 amide bonds. The van der Waals surface area contributed by atoms with Crippen LogP contribution in [0.2, 0.25) is 10.0 Å². The van der Waals surface area contributed by atoms with Gasteiger partial charge >= 0.3 is 0 Å². The third kappa shape index (κ3) is 6.72. The SMILES string of the molecule is CCC1CCCCN1CCCNC(=O)C1CCN(Cc2nc(-c3ccc(Cl)cc3Cl)no2)CC1. The first kappa shape index (κ1) is 25.4. The number of likely N-dealkylation sites (tertiary alicyclic amines) is 2. The highest BCUT2D eigenvalue weighted by Crippen LogP contribution is 2.29. The first-order valence-electron chi connectivity index (χ1n) is 12.6. The van der Waals surface area contributed by atoms with Gasteiger partial charge in [-0.3, -0.25) is 9.69 Å². The number of aromatic nitrogens is 2. The minimum Gasteiger partial charge on any atom is -0.356 e. The number of halogens is 2. The van der Waals surface area contributed by atoms with Crippen LogP contribution < -0.4 is 5.32 Å². The zero-order valence-electron chi connectivity index (χ0n) is 19.9. The molecule has 1 unspecified atom stereocenters.